The van der Waals surface area contributed by atoms with Crippen molar-refractivity contribution in [2.75, 3.05) is 32.3 Å². The zero-order valence-electron chi connectivity index (χ0n) is 58.3. The molecule has 0 aliphatic carbocycles. The number of halogens is 5. The highest BCUT2D eigenvalue weighted by Crippen LogP contribution is 2.28. The Balaban J connectivity index is 0.000000169. The van der Waals surface area contributed by atoms with Crippen LogP contribution < -0.4 is 32.3 Å². The normalized spacial score (nSPS) is 10.2. The summed E-state index contributed by atoms with van der Waals surface area (Å²) < 4.78 is 65.6. The van der Waals surface area contributed by atoms with Gasteiger partial charge in [-0.05, 0) is 55.5 Å². The lowest BCUT2D eigenvalue weighted by atomic mass is 10.3. The van der Waals surface area contributed by atoms with Gasteiger partial charge in [0, 0.05) is 85.2 Å². The topological polar surface area (TPSA) is 641 Å². The minimum Gasteiger partial charge on any atom is -0.477 e. The van der Waals surface area contributed by atoms with Crippen LogP contribution in [0.4, 0.5) is 85.7 Å². The number of anilines is 11. The lowest BCUT2D eigenvalue weighted by Gasteiger charge is -2.08. The number of aromatic carboxylic acids is 7. The summed E-state index contributed by atoms with van der Waals surface area (Å²) in [5.74, 6) is -5.32. The number of aryl methyl sites for hydroxylation is 1. The third-order valence-electron chi connectivity index (χ3n) is 13.1. The van der Waals surface area contributed by atoms with Crippen molar-refractivity contribution in [3.05, 3.63) is 273 Å². The number of carboxylic acids is 7. The third-order valence-corrected chi connectivity index (χ3v) is 13.1. The number of carbonyl (C=O) groups is 7. The highest BCUT2D eigenvalue weighted by molar-refractivity contribution is 5.89. The highest BCUT2D eigenvalue weighted by atomic mass is 19.4. The number of hydrogen-bond donors (Lipinski definition) is 13. The van der Waals surface area contributed by atoms with Crippen LogP contribution in [0.2, 0.25) is 0 Å². The van der Waals surface area contributed by atoms with Crippen molar-refractivity contribution in [1.82, 2.24) is 119 Å². The van der Waals surface area contributed by atoms with Gasteiger partial charge in [0.05, 0.1) is 23.8 Å². The maximum absolute atomic E-state index is 12.8. The van der Waals surface area contributed by atoms with Crippen LogP contribution >= 0.6 is 0 Å². The molecule has 14 N–H and O–H groups in total. The molecule has 0 radical (unpaired) electrons. The van der Waals surface area contributed by atoms with E-state index < -0.39 is 65.4 Å². The Morgan fingerprint density at radius 2 is 0.784 bits per heavy atom. The van der Waals surface area contributed by atoms with E-state index in [-0.39, 0.29) is 68.8 Å². The molecule has 49 heteroatoms. The second-order valence-electron chi connectivity index (χ2n) is 21.3. The molecule has 0 saturated heterocycles. The molecule has 0 aliphatic heterocycles. The van der Waals surface area contributed by atoms with Crippen LogP contribution in [0.25, 0.3) is 11.6 Å². The first-order chi connectivity index (χ1) is 55.5. The molecule has 0 fully saturated rings. The molecule has 0 amide bonds. The monoisotopic (exact) mass is 1590 g/mol. The van der Waals surface area contributed by atoms with Crippen molar-refractivity contribution >= 4 is 106 Å². The second-order valence-corrected chi connectivity index (χ2v) is 21.3. The zero-order chi connectivity index (χ0) is 83.7. The Bertz CT molecular complexity index is 5600. The number of rotatable bonds is 19. The Kier molecular flexibility index (Phi) is 29.8. The lowest BCUT2D eigenvalue weighted by molar-refractivity contribution is -0.141. The lowest BCUT2D eigenvalue weighted by Crippen LogP contribution is -2.08. The number of aromatic nitrogens is 24. The van der Waals surface area contributed by atoms with Gasteiger partial charge in [-0.3, -0.25) is 14.1 Å². The van der Waals surface area contributed by atoms with E-state index in [2.05, 4.69) is 136 Å². The zero-order valence-corrected chi connectivity index (χ0v) is 58.3. The Labute approximate surface area is 643 Å². The predicted octanol–water partition coefficient (Wildman–Crippen LogP) is 7.87. The van der Waals surface area contributed by atoms with Crippen molar-refractivity contribution in [1.29, 1.82) is 0 Å². The molecule has 14 heterocycles. The fourth-order valence-corrected chi connectivity index (χ4v) is 7.99. The van der Waals surface area contributed by atoms with Crippen LogP contribution in [-0.4, -0.2) is 196 Å². The molecule has 14 aromatic rings. The van der Waals surface area contributed by atoms with Gasteiger partial charge in [0.25, 0.3) is 0 Å². The summed E-state index contributed by atoms with van der Waals surface area (Å²) in [4.78, 5) is 157. The van der Waals surface area contributed by atoms with E-state index in [1.54, 1.807) is 58.6 Å². The summed E-state index contributed by atoms with van der Waals surface area (Å²) in [7, 11) is 0. The van der Waals surface area contributed by atoms with Crippen LogP contribution in [0, 0.1) is 18.7 Å². The van der Waals surface area contributed by atoms with Crippen LogP contribution in [0.1, 0.15) is 84.8 Å². The number of hydrogen-bond acceptors (Lipinski definition) is 35. The van der Waals surface area contributed by atoms with Crippen LogP contribution in [0.5, 0.6) is 0 Å². The van der Waals surface area contributed by atoms with Crippen molar-refractivity contribution < 1.29 is 91.3 Å². The first-order valence-electron chi connectivity index (χ1n) is 31.5. The maximum Gasteiger partial charge on any atom is 0.433 e. The molecule has 0 unspecified atom stereocenters. The van der Waals surface area contributed by atoms with Crippen molar-refractivity contribution in [3.8, 4) is 11.6 Å². The number of pyridine rings is 4. The van der Waals surface area contributed by atoms with E-state index in [0.717, 1.165) is 61.2 Å². The number of imidazole rings is 2. The number of nitrogens with zero attached hydrogens (tertiary/aromatic N) is 24. The third kappa shape index (κ3) is 27.6. The molecule has 0 bridgehead atoms. The van der Waals surface area contributed by atoms with E-state index >= 15 is 0 Å². The van der Waals surface area contributed by atoms with Crippen molar-refractivity contribution in [3.63, 3.8) is 0 Å². The molecule has 116 heavy (non-hydrogen) atoms. The van der Waals surface area contributed by atoms with Gasteiger partial charge >= 0.3 is 48.0 Å². The van der Waals surface area contributed by atoms with Gasteiger partial charge in [-0.2, -0.15) is 17.6 Å². The Morgan fingerprint density at radius 3 is 1.17 bits per heavy atom. The van der Waals surface area contributed by atoms with E-state index in [9.17, 15) is 55.5 Å². The molecule has 44 nitrogen and oxygen atoms in total. The average molecular weight is 1600 g/mol. The summed E-state index contributed by atoms with van der Waals surface area (Å²) in [6.07, 6.45) is 18.2. The standard InChI is InChI=1S/C11H7F3N4O2.2C10H7FN4O2.C10H8N4O2.C9H8N6O2.C9H8N4O2.C8H6N4O2/c12-11(13,14)8-2-1-6(4-15-8)18-9-3-7(10(19)20)16-5-17-9;11-6-1-2-8(12-4-6)15-9-3-7(10(16)17)13-5-14-9;11-7-2-1-3-8(14-7)15-9-4-6(10(16)17)12-5-13-9;15-10(16)8-5-9(13-6-12-8)14-7-1-3-11-4-2-7;10-6-2-8(14-4-12-6)15-7-1-5(9(16)17)11-3-13-7;1-6-3-13(5-12-6)8-2-7(9(14)15)10-4-11-8;13-8(14)6-3-7(11-4-10-6)12-2-1-9-5-12/h1-5H,(H,19,20)(H,16,17,18);2*1-5H,(H,16,17)(H,12,13,14,15);1-6H,(H,15,16)(H,11,12,13,14);1-4H,(H,16,17)(H3,10,11,12,13,14,15);2-5H,1H3,(H,14,15);1-5H,(H,13,14). The fourth-order valence-electron chi connectivity index (χ4n) is 7.99. The van der Waals surface area contributed by atoms with Gasteiger partial charge in [-0.15, -0.1) is 0 Å². The molecular formula is C67H51F5N30O14. The van der Waals surface area contributed by atoms with Crippen molar-refractivity contribution in [2.24, 2.45) is 0 Å². The van der Waals surface area contributed by atoms with Gasteiger partial charge in [0.2, 0.25) is 5.95 Å². The van der Waals surface area contributed by atoms with Gasteiger partial charge in [-0.25, -0.2) is 143 Å². The highest BCUT2D eigenvalue weighted by Gasteiger charge is 2.32. The Hall–Kier alpha value is -17.6. The molecule has 588 valence electrons. The second kappa shape index (κ2) is 41.1. The van der Waals surface area contributed by atoms with Crippen molar-refractivity contribution in [2.45, 2.75) is 13.1 Å². The summed E-state index contributed by atoms with van der Waals surface area (Å²) >= 11 is 0. The summed E-state index contributed by atoms with van der Waals surface area (Å²) in [6, 6.07) is 22.9. The minimum atomic E-state index is -4.51. The summed E-state index contributed by atoms with van der Waals surface area (Å²) in [5, 5.41) is 74.9. The van der Waals surface area contributed by atoms with Gasteiger partial charge < -0.3 is 68.1 Å². The van der Waals surface area contributed by atoms with Gasteiger partial charge in [0.15, 0.2) is 39.9 Å². The van der Waals surface area contributed by atoms with E-state index in [1.165, 1.54) is 110 Å². The predicted molar refractivity (Wildman–Crippen MR) is 387 cm³/mol. The van der Waals surface area contributed by atoms with E-state index in [0.29, 0.717) is 40.7 Å². The SMILES string of the molecule is Cc1cn(-c2cc(C(=O)O)ncn2)cn1.Nc1cc(Nc2cc(C(=O)O)ncn2)ncn1.O=C(O)c1cc(-n2ccnc2)ncn1.O=C(O)c1cc(Nc2ccc(C(F)(F)F)nc2)ncn1.O=C(O)c1cc(Nc2ccc(F)cn2)ncn1.O=C(O)c1cc(Nc2cccc(F)n2)ncn1.O=C(O)c1cc(Nc2ccncc2)ncn1. The number of nitrogens with one attached hydrogen (secondary N) is 5. The first kappa shape index (κ1) is 84.0. The number of alkyl halides is 3. The smallest absolute Gasteiger partial charge is 0.433 e. The molecule has 0 atom stereocenters. The van der Waals surface area contributed by atoms with Gasteiger partial charge in [-0.1, -0.05) is 6.07 Å². The Morgan fingerprint density at radius 1 is 0.371 bits per heavy atom. The van der Waals surface area contributed by atoms with Crippen LogP contribution in [0.15, 0.2) is 210 Å². The molecule has 14 aromatic heterocycles. The number of nitrogen functional groups attached to an aromatic ring is 1. The summed E-state index contributed by atoms with van der Waals surface area (Å²) in [5.41, 5.74) is 5.57. The molecule has 0 spiro atoms. The quantitative estimate of drug-likeness (QED) is 0.0270. The fraction of sp³-hybridized carbons (Fsp3) is 0.0299. The molecule has 0 aliphatic rings. The van der Waals surface area contributed by atoms with Crippen LogP contribution in [0.3, 0.4) is 0 Å². The molecular weight excluding hydrogens is 1540 g/mol. The molecule has 0 saturated carbocycles. The minimum absolute atomic E-state index is 0.0358. The van der Waals surface area contributed by atoms with Crippen LogP contribution in [-0.2, 0) is 6.18 Å². The van der Waals surface area contributed by atoms with E-state index in [4.69, 9.17) is 41.5 Å². The summed E-state index contributed by atoms with van der Waals surface area (Å²) in [6.45, 7) is 1.84. The van der Waals surface area contributed by atoms with E-state index in [1.807, 2.05) is 6.92 Å². The maximum atomic E-state index is 12.8. The first-order valence-corrected chi connectivity index (χ1v) is 31.5. The number of carboxylic acid groups (broad SMARTS) is 7. The molecule has 0 aromatic carbocycles. The largest absolute Gasteiger partial charge is 0.477 e. The average Bonchev–Trinajstić information content (AvgIpc) is 1.62. The molecule has 14 rings (SSSR count). The number of nitrogens with two attached hydrogens (primary N) is 1. The van der Waals surface area contributed by atoms with Gasteiger partial charge in [0.1, 0.15) is 139 Å².